The normalized spacial score (nSPS) is 11.7. The third-order valence-corrected chi connectivity index (χ3v) is 5.79. The first-order valence-electron chi connectivity index (χ1n) is 11.2. The van der Waals surface area contributed by atoms with Crippen LogP contribution in [0.15, 0.2) is 36.4 Å². The molecule has 0 amide bonds. The van der Waals surface area contributed by atoms with Gasteiger partial charge in [-0.2, -0.15) is 0 Å². The van der Waals surface area contributed by atoms with Gasteiger partial charge in [-0.25, -0.2) is 0 Å². The summed E-state index contributed by atoms with van der Waals surface area (Å²) in [6.07, 6.45) is 20.0. The van der Waals surface area contributed by atoms with Crippen molar-refractivity contribution >= 4 is 0 Å². The zero-order valence-electron chi connectivity index (χ0n) is 17.4. The summed E-state index contributed by atoms with van der Waals surface area (Å²) in [6, 6.07) is 12.8. The highest BCUT2D eigenvalue weighted by molar-refractivity contribution is 5.78. The maximum atomic E-state index is 6.01. The largest absolute Gasteiger partial charge is 0.494 e. The third-order valence-electron chi connectivity index (χ3n) is 5.79. The first-order valence-corrected chi connectivity index (χ1v) is 11.2. The van der Waals surface area contributed by atoms with Crippen LogP contribution < -0.4 is 4.74 Å². The maximum Gasteiger partial charge on any atom is 0.119 e. The van der Waals surface area contributed by atoms with Gasteiger partial charge >= 0.3 is 0 Å². The molecule has 0 spiro atoms. The Kier molecular flexibility index (Phi) is 8.04. The van der Waals surface area contributed by atoms with E-state index in [1.807, 2.05) is 6.07 Å². The molecule has 0 atom stereocenters. The number of unbranched alkanes of at least 4 members (excludes halogenated alkanes) is 9. The molecule has 148 valence electrons. The van der Waals surface area contributed by atoms with Gasteiger partial charge in [0.25, 0.3) is 0 Å². The van der Waals surface area contributed by atoms with E-state index in [2.05, 4.69) is 43.2 Å². The highest BCUT2D eigenvalue weighted by Gasteiger charge is 2.19. The third kappa shape index (κ3) is 5.65. The Morgan fingerprint density at radius 3 is 2.07 bits per heavy atom. The molecule has 3 rings (SSSR count). The zero-order chi connectivity index (χ0) is 19.6. The fourth-order valence-corrected chi connectivity index (χ4v) is 4.15. The summed E-state index contributed by atoms with van der Waals surface area (Å²) in [5, 5.41) is 0. The lowest BCUT2D eigenvalue weighted by Gasteiger charge is -2.08. The lowest BCUT2D eigenvalue weighted by Crippen LogP contribution is -1.98. The van der Waals surface area contributed by atoms with E-state index in [1.54, 1.807) is 0 Å². The van der Waals surface area contributed by atoms with Crippen LogP contribution in [-0.2, 0) is 6.42 Å². The second-order valence-electron chi connectivity index (χ2n) is 8.04. The average molecular weight is 375 g/mol. The monoisotopic (exact) mass is 374 g/mol. The zero-order valence-corrected chi connectivity index (χ0v) is 17.4. The maximum absolute atomic E-state index is 6.01. The standard InChI is InChI=1S/C27H34O/c1-3-5-6-7-8-9-10-11-12-13-18-28-25-15-17-27-24(21-25)20-23-19-22(4-2)14-16-26(23)27/h2,14-17,19,21H,3,5-13,18,20H2,1H3. The van der Waals surface area contributed by atoms with Gasteiger partial charge in [0.15, 0.2) is 0 Å². The molecule has 28 heavy (non-hydrogen) atoms. The average Bonchev–Trinajstić information content (AvgIpc) is 3.08. The van der Waals surface area contributed by atoms with Crippen molar-refractivity contribution in [3.8, 4) is 29.2 Å². The molecule has 0 saturated carbocycles. The van der Waals surface area contributed by atoms with Crippen molar-refractivity contribution in [2.75, 3.05) is 6.61 Å². The van der Waals surface area contributed by atoms with Crippen LogP contribution in [0.4, 0.5) is 0 Å². The Morgan fingerprint density at radius 1 is 0.786 bits per heavy atom. The molecule has 0 fully saturated rings. The van der Waals surface area contributed by atoms with Gasteiger partial charge in [-0.3, -0.25) is 0 Å². The molecule has 0 heterocycles. The summed E-state index contributed by atoms with van der Waals surface area (Å²) in [6.45, 7) is 3.10. The fraction of sp³-hybridized carbons (Fsp3) is 0.481. The van der Waals surface area contributed by atoms with Gasteiger partial charge in [-0.05, 0) is 59.4 Å². The molecule has 0 aliphatic heterocycles. The Hall–Kier alpha value is -2.20. The van der Waals surface area contributed by atoms with Gasteiger partial charge in [0, 0.05) is 5.56 Å². The van der Waals surface area contributed by atoms with E-state index < -0.39 is 0 Å². The highest BCUT2D eigenvalue weighted by atomic mass is 16.5. The SMILES string of the molecule is C#Cc1ccc2c(c1)Cc1cc(OCCCCCCCCCCCC)ccc1-2. The lowest BCUT2D eigenvalue weighted by molar-refractivity contribution is 0.304. The van der Waals surface area contributed by atoms with Gasteiger partial charge in [-0.15, -0.1) is 6.42 Å². The number of hydrogen-bond acceptors (Lipinski definition) is 1. The van der Waals surface area contributed by atoms with Crippen molar-refractivity contribution < 1.29 is 4.74 Å². The minimum absolute atomic E-state index is 0.823. The molecule has 1 aliphatic carbocycles. The van der Waals surface area contributed by atoms with E-state index in [4.69, 9.17) is 11.2 Å². The van der Waals surface area contributed by atoms with Gasteiger partial charge in [-0.1, -0.05) is 82.8 Å². The molecule has 2 aromatic carbocycles. The van der Waals surface area contributed by atoms with E-state index in [0.29, 0.717) is 0 Å². The molecule has 2 aromatic rings. The summed E-state index contributed by atoms with van der Waals surface area (Å²) in [7, 11) is 0. The first kappa shape index (κ1) is 20.5. The molecular formula is C27H34O. The van der Waals surface area contributed by atoms with E-state index in [1.165, 1.54) is 80.0 Å². The first-order chi connectivity index (χ1) is 13.8. The number of ether oxygens (including phenoxy) is 1. The van der Waals surface area contributed by atoms with Gasteiger partial charge in [0.05, 0.1) is 6.61 Å². The smallest absolute Gasteiger partial charge is 0.119 e. The Balaban J connectivity index is 1.34. The fourth-order valence-electron chi connectivity index (χ4n) is 4.15. The van der Waals surface area contributed by atoms with Crippen molar-refractivity contribution in [2.45, 2.75) is 77.6 Å². The predicted molar refractivity (Wildman–Crippen MR) is 120 cm³/mol. The summed E-state index contributed by atoms with van der Waals surface area (Å²) >= 11 is 0. The van der Waals surface area contributed by atoms with E-state index in [-0.39, 0.29) is 0 Å². The van der Waals surface area contributed by atoms with E-state index in [9.17, 15) is 0 Å². The molecule has 0 bridgehead atoms. The Morgan fingerprint density at radius 2 is 1.39 bits per heavy atom. The number of rotatable bonds is 12. The molecule has 1 aliphatic rings. The number of hydrogen-bond donors (Lipinski definition) is 0. The van der Waals surface area contributed by atoms with E-state index in [0.717, 1.165) is 30.8 Å². The number of terminal acetylenes is 1. The minimum atomic E-state index is 0.823. The molecule has 0 unspecified atom stereocenters. The molecule has 0 saturated heterocycles. The number of fused-ring (bicyclic) bond motifs is 3. The van der Waals surface area contributed by atoms with Gasteiger partial charge < -0.3 is 4.74 Å². The molecular weight excluding hydrogens is 340 g/mol. The van der Waals surface area contributed by atoms with Crippen LogP contribution in [0.5, 0.6) is 5.75 Å². The summed E-state index contributed by atoms with van der Waals surface area (Å²) in [5.74, 6) is 3.73. The molecule has 1 heteroatoms. The quantitative estimate of drug-likeness (QED) is 0.235. The molecule has 0 radical (unpaired) electrons. The predicted octanol–water partition coefficient (Wildman–Crippen LogP) is 7.54. The molecule has 1 nitrogen and oxygen atoms in total. The van der Waals surface area contributed by atoms with Crippen molar-refractivity contribution in [3.63, 3.8) is 0 Å². The Labute approximate surface area is 171 Å². The van der Waals surface area contributed by atoms with Crippen LogP contribution in [-0.4, -0.2) is 6.61 Å². The van der Waals surface area contributed by atoms with Crippen LogP contribution in [0.3, 0.4) is 0 Å². The van der Waals surface area contributed by atoms with Crippen LogP contribution in [0, 0.1) is 12.3 Å². The lowest BCUT2D eigenvalue weighted by atomic mass is 10.0. The minimum Gasteiger partial charge on any atom is -0.494 e. The van der Waals surface area contributed by atoms with Crippen molar-refractivity contribution in [1.82, 2.24) is 0 Å². The van der Waals surface area contributed by atoms with Crippen LogP contribution >= 0.6 is 0 Å². The van der Waals surface area contributed by atoms with Gasteiger partial charge in [0.1, 0.15) is 5.75 Å². The second kappa shape index (κ2) is 11.0. The van der Waals surface area contributed by atoms with E-state index >= 15 is 0 Å². The van der Waals surface area contributed by atoms with Gasteiger partial charge in [0.2, 0.25) is 0 Å². The van der Waals surface area contributed by atoms with Crippen molar-refractivity contribution in [1.29, 1.82) is 0 Å². The van der Waals surface area contributed by atoms with Crippen molar-refractivity contribution in [2.24, 2.45) is 0 Å². The van der Waals surface area contributed by atoms with Crippen LogP contribution in [0.1, 0.15) is 87.8 Å². The summed E-state index contributed by atoms with van der Waals surface area (Å²) in [4.78, 5) is 0. The summed E-state index contributed by atoms with van der Waals surface area (Å²) < 4.78 is 6.01. The number of benzene rings is 2. The van der Waals surface area contributed by atoms with Crippen molar-refractivity contribution in [3.05, 3.63) is 53.1 Å². The second-order valence-corrected chi connectivity index (χ2v) is 8.04. The highest BCUT2D eigenvalue weighted by Crippen LogP contribution is 2.38. The van der Waals surface area contributed by atoms with Crippen LogP contribution in [0.2, 0.25) is 0 Å². The molecule has 0 aromatic heterocycles. The van der Waals surface area contributed by atoms with Crippen LogP contribution in [0.25, 0.3) is 11.1 Å². The molecule has 0 N–H and O–H groups in total. The Bertz CT molecular complexity index is 796. The summed E-state index contributed by atoms with van der Waals surface area (Å²) in [5.41, 5.74) is 6.28. The topological polar surface area (TPSA) is 9.23 Å².